The van der Waals surface area contributed by atoms with Crippen molar-refractivity contribution in [1.82, 2.24) is 9.97 Å². The molecule has 0 aliphatic rings. The van der Waals surface area contributed by atoms with Gasteiger partial charge in [0.2, 0.25) is 0 Å². The van der Waals surface area contributed by atoms with Crippen LogP contribution in [-0.2, 0) is 6.61 Å². The first kappa shape index (κ1) is 11.8. The SMILES string of the molecule is Nc1ccc(C(=O)O)c(OCc2ncccn2)c1. The van der Waals surface area contributed by atoms with Crippen LogP contribution in [0.25, 0.3) is 0 Å². The zero-order chi connectivity index (χ0) is 13.0. The summed E-state index contributed by atoms with van der Waals surface area (Å²) in [4.78, 5) is 18.9. The molecule has 0 aliphatic carbocycles. The van der Waals surface area contributed by atoms with Gasteiger partial charge >= 0.3 is 5.97 Å². The lowest BCUT2D eigenvalue weighted by Gasteiger charge is -2.08. The summed E-state index contributed by atoms with van der Waals surface area (Å²) in [5.41, 5.74) is 6.08. The van der Waals surface area contributed by atoms with E-state index in [9.17, 15) is 4.79 Å². The molecule has 2 aromatic rings. The molecule has 0 unspecified atom stereocenters. The molecule has 0 spiro atoms. The molecule has 3 N–H and O–H groups in total. The molecule has 0 radical (unpaired) electrons. The zero-order valence-corrected chi connectivity index (χ0v) is 9.41. The first-order chi connectivity index (χ1) is 8.66. The Morgan fingerprint density at radius 2 is 2.06 bits per heavy atom. The van der Waals surface area contributed by atoms with Gasteiger partial charge in [0.05, 0.1) is 0 Å². The molecular weight excluding hydrogens is 234 g/mol. The standard InChI is InChI=1S/C12H11N3O3/c13-8-2-3-9(12(16)17)10(6-8)18-7-11-14-4-1-5-15-11/h1-6H,7,13H2,(H,16,17). The third-order valence-electron chi connectivity index (χ3n) is 2.21. The lowest BCUT2D eigenvalue weighted by molar-refractivity contribution is 0.0691. The van der Waals surface area contributed by atoms with E-state index in [0.29, 0.717) is 11.5 Å². The molecule has 0 fully saturated rings. The van der Waals surface area contributed by atoms with Crippen LogP contribution in [0.2, 0.25) is 0 Å². The molecule has 2 rings (SSSR count). The number of aromatic carboxylic acids is 1. The molecule has 0 aliphatic heterocycles. The van der Waals surface area contributed by atoms with Crippen molar-refractivity contribution in [3.8, 4) is 5.75 Å². The summed E-state index contributed by atoms with van der Waals surface area (Å²) in [5.74, 6) is -0.398. The summed E-state index contributed by atoms with van der Waals surface area (Å²) in [7, 11) is 0. The molecule has 0 amide bonds. The van der Waals surface area contributed by atoms with Crippen molar-refractivity contribution in [2.45, 2.75) is 6.61 Å². The predicted octanol–water partition coefficient (Wildman–Crippen LogP) is 1.34. The maximum Gasteiger partial charge on any atom is 0.339 e. The van der Waals surface area contributed by atoms with Gasteiger partial charge in [-0.1, -0.05) is 0 Å². The minimum Gasteiger partial charge on any atom is -0.485 e. The third-order valence-corrected chi connectivity index (χ3v) is 2.21. The van der Waals surface area contributed by atoms with E-state index in [1.165, 1.54) is 18.2 Å². The molecule has 1 aromatic carbocycles. The number of nitrogen functional groups attached to an aromatic ring is 1. The van der Waals surface area contributed by atoms with Gasteiger partial charge in [-0.15, -0.1) is 0 Å². The molecule has 18 heavy (non-hydrogen) atoms. The van der Waals surface area contributed by atoms with E-state index in [2.05, 4.69) is 9.97 Å². The number of carboxylic acid groups (broad SMARTS) is 1. The highest BCUT2D eigenvalue weighted by Gasteiger charge is 2.11. The van der Waals surface area contributed by atoms with Crippen molar-refractivity contribution in [2.75, 3.05) is 5.73 Å². The predicted molar refractivity (Wildman–Crippen MR) is 64.2 cm³/mol. The fourth-order valence-corrected chi connectivity index (χ4v) is 1.38. The molecule has 0 atom stereocenters. The molecule has 1 heterocycles. The number of nitrogens with two attached hydrogens (primary N) is 1. The van der Waals surface area contributed by atoms with Crippen molar-refractivity contribution in [2.24, 2.45) is 0 Å². The monoisotopic (exact) mass is 245 g/mol. The Balaban J connectivity index is 2.18. The normalized spacial score (nSPS) is 10.0. The topological polar surface area (TPSA) is 98.3 Å². The number of hydrogen-bond donors (Lipinski definition) is 2. The quantitative estimate of drug-likeness (QED) is 0.788. The van der Waals surface area contributed by atoms with E-state index in [1.54, 1.807) is 18.5 Å². The van der Waals surface area contributed by atoms with Gasteiger partial charge in [-0.05, 0) is 18.2 Å². The third kappa shape index (κ3) is 2.73. The number of rotatable bonds is 4. The Labute approximate surface area is 103 Å². The maximum absolute atomic E-state index is 11.0. The maximum atomic E-state index is 11.0. The van der Waals surface area contributed by atoms with Gasteiger partial charge in [0, 0.05) is 24.1 Å². The zero-order valence-electron chi connectivity index (χ0n) is 9.41. The van der Waals surface area contributed by atoms with Crippen molar-refractivity contribution in [1.29, 1.82) is 0 Å². The Morgan fingerprint density at radius 3 is 2.72 bits per heavy atom. The molecule has 0 saturated heterocycles. The van der Waals surface area contributed by atoms with Gasteiger partial charge in [-0.3, -0.25) is 0 Å². The summed E-state index contributed by atoms with van der Waals surface area (Å²) >= 11 is 0. The highest BCUT2D eigenvalue weighted by atomic mass is 16.5. The van der Waals surface area contributed by atoms with Crippen molar-refractivity contribution in [3.63, 3.8) is 0 Å². The number of ether oxygens (including phenoxy) is 1. The number of aromatic nitrogens is 2. The molecule has 0 bridgehead atoms. The highest BCUT2D eigenvalue weighted by molar-refractivity contribution is 5.91. The van der Waals surface area contributed by atoms with E-state index in [4.69, 9.17) is 15.6 Å². The van der Waals surface area contributed by atoms with E-state index in [0.717, 1.165) is 0 Å². The Hall–Kier alpha value is -2.63. The van der Waals surface area contributed by atoms with Crippen LogP contribution < -0.4 is 10.5 Å². The number of benzene rings is 1. The molecule has 0 saturated carbocycles. The molecular formula is C12H11N3O3. The fourth-order valence-electron chi connectivity index (χ4n) is 1.38. The first-order valence-corrected chi connectivity index (χ1v) is 5.18. The number of nitrogens with zero attached hydrogens (tertiary/aromatic N) is 2. The van der Waals surface area contributed by atoms with Crippen LogP contribution in [0.3, 0.4) is 0 Å². The van der Waals surface area contributed by atoms with Crippen LogP contribution in [0, 0.1) is 0 Å². The van der Waals surface area contributed by atoms with E-state index in [-0.39, 0.29) is 17.9 Å². The van der Waals surface area contributed by atoms with Gasteiger partial charge in [0.1, 0.15) is 17.9 Å². The lowest BCUT2D eigenvalue weighted by Crippen LogP contribution is -2.06. The highest BCUT2D eigenvalue weighted by Crippen LogP contribution is 2.22. The van der Waals surface area contributed by atoms with Crippen LogP contribution in [0.4, 0.5) is 5.69 Å². The van der Waals surface area contributed by atoms with E-state index < -0.39 is 5.97 Å². The largest absolute Gasteiger partial charge is 0.485 e. The summed E-state index contributed by atoms with van der Waals surface area (Å²) < 4.78 is 5.38. The number of anilines is 1. The average Bonchev–Trinajstić information content (AvgIpc) is 2.37. The van der Waals surface area contributed by atoms with Gasteiger partial charge in [-0.25, -0.2) is 14.8 Å². The van der Waals surface area contributed by atoms with Crippen molar-refractivity contribution in [3.05, 3.63) is 48.0 Å². The Morgan fingerprint density at radius 1 is 1.33 bits per heavy atom. The number of carbonyl (C=O) groups is 1. The summed E-state index contributed by atoms with van der Waals surface area (Å²) in [6.07, 6.45) is 3.17. The van der Waals surface area contributed by atoms with Gasteiger partial charge in [-0.2, -0.15) is 0 Å². The lowest BCUT2D eigenvalue weighted by atomic mass is 10.2. The minimum atomic E-state index is -1.07. The Kier molecular flexibility index (Phi) is 3.38. The van der Waals surface area contributed by atoms with Gasteiger partial charge in [0.15, 0.2) is 5.82 Å². The summed E-state index contributed by atoms with van der Waals surface area (Å²) in [5, 5.41) is 9.00. The van der Waals surface area contributed by atoms with Gasteiger partial charge < -0.3 is 15.6 Å². The van der Waals surface area contributed by atoms with Gasteiger partial charge in [0.25, 0.3) is 0 Å². The van der Waals surface area contributed by atoms with Crippen molar-refractivity contribution < 1.29 is 14.6 Å². The molecule has 6 nitrogen and oxygen atoms in total. The smallest absolute Gasteiger partial charge is 0.339 e. The second-order valence-corrected chi connectivity index (χ2v) is 3.51. The Bertz CT molecular complexity index is 558. The average molecular weight is 245 g/mol. The summed E-state index contributed by atoms with van der Waals surface area (Å²) in [6, 6.07) is 6.06. The van der Waals surface area contributed by atoms with Crippen LogP contribution in [0.1, 0.15) is 16.2 Å². The molecule has 1 aromatic heterocycles. The van der Waals surface area contributed by atoms with E-state index >= 15 is 0 Å². The van der Waals surface area contributed by atoms with Crippen LogP contribution in [0.15, 0.2) is 36.7 Å². The van der Waals surface area contributed by atoms with Crippen LogP contribution in [-0.4, -0.2) is 21.0 Å². The number of carboxylic acids is 1. The van der Waals surface area contributed by atoms with E-state index in [1.807, 2.05) is 0 Å². The van der Waals surface area contributed by atoms with Crippen LogP contribution >= 0.6 is 0 Å². The summed E-state index contributed by atoms with van der Waals surface area (Å²) in [6.45, 7) is 0.0879. The second kappa shape index (κ2) is 5.13. The molecule has 6 heteroatoms. The fraction of sp³-hybridized carbons (Fsp3) is 0.0833. The van der Waals surface area contributed by atoms with Crippen LogP contribution in [0.5, 0.6) is 5.75 Å². The molecule has 92 valence electrons. The second-order valence-electron chi connectivity index (χ2n) is 3.51. The van der Waals surface area contributed by atoms with Crippen molar-refractivity contribution >= 4 is 11.7 Å². The first-order valence-electron chi connectivity index (χ1n) is 5.18. The number of hydrogen-bond acceptors (Lipinski definition) is 5. The minimum absolute atomic E-state index is 0.0557.